The molecule has 0 aromatic carbocycles. The molecule has 0 saturated heterocycles. The van der Waals surface area contributed by atoms with Gasteiger partial charge in [0.15, 0.2) is 0 Å². The fourth-order valence-corrected chi connectivity index (χ4v) is 7.69. The number of hydroxylamine groups is 2. The van der Waals surface area contributed by atoms with Crippen LogP contribution >= 0.6 is 7.94 Å². The minimum Gasteiger partial charge on any atom is -0.631 e. The molecule has 2 rings (SSSR count). The normalized spacial score (nSPS) is 21.5. The molecule has 2 atom stereocenters. The van der Waals surface area contributed by atoms with Gasteiger partial charge in [-0.25, -0.2) is 13.8 Å². The Morgan fingerprint density at radius 1 is 1.03 bits per heavy atom. The smallest absolute Gasteiger partial charge is 0.439 e. The third-order valence-corrected chi connectivity index (χ3v) is 9.66. The minimum absolute atomic E-state index is 0.100. The molecule has 8 heteroatoms. The van der Waals surface area contributed by atoms with Gasteiger partial charge in [-0.2, -0.15) is 0 Å². The largest absolute Gasteiger partial charge is 0.631 e. The molecule has 2 unspecified atom stereocenters. The number of aldehydes is 1. The Kier molecular flexibility index (Phi) is 12.2. The van der Waals surface area contributed by atoms with Crippen molar-refractivity contribution in [2.75, 3.05) is 13.2 Å². The molecular weight excluding hydrogens is 441 g/mol. The Hall–Kier alpha value is -0.590. The van der Waals surface area contributed by atoms with Crippen LogP contribution in [0.25, 0.3) is 0 Å². The van der Waals surface area contributed by atoms with E-state index in [9.17, 15) is 14.5 Å². The van der Waals surface area contributed by atoms with E-state index in [1.165, 1.54) is 12.8 Å². The predicted octanol–water partition coefficient (Wildman–Crippen LogP) is 3.95. The molecule has 33 heavy (non-hydrogen) atoms. The summed E-state index contributed by atoms with van der Waals surface area (Å²) in [4.78, 5) is 45.8. The van der Waals surface area contributed by atoms with Gasteiger partial charge in [0.25, 0.3) is 7.94 Å². The maximum atomic E-state index is 13.8. The van der Waals surface area contributed by atoms with Crippen molar-refractivity contribution < 1.29 is 33.4 Å². The first kappa shape index (κ1) is 28.6. The number of carbonyl (C=O) groups is 2. The van der Waals surface area contributed by atoms with Crippen LogP contribution in [0.2, 0.25) is 0 Å². The van der Waals surface area contributed by atoms with Crippen molar-refractivity contribution in [3.8, 4) is 0 Å². The van der Waals surface area contributed by atoms with Gasteiger partial charge in [0, 0.05) is 32.1 Å². The van der Waals surface area contributed by atoms with Gasteiger partial charge in [0.2, 0.25) is 10.5 Å². The Morgan fingerprint density at radius 3 is 1.91 bits per heavy atom. The first-order valence-electron chi connectivity index (χ1n) is 13.3. The monoisotopic (exact) mass is 488 g/mol. The molecule has 0 amide bonds. The minimum atomic E-state index is -3.80. The Morgan fingerprint density at radius 2 is 1.52 bits per heavy atom. The van der Waals surface area contributed by atoms with Crippen LogP contribution in [0, 0.1) is 5.41 Å². The molecule has 2 aliphatic carbocycles. The zero-order valence-electron chi connectivity index (χ0n) is 21.3. The van der Waals surface area contributed by atoms with Crippen molar-refractivity contribution in [3.63, 3.8) is 0 Å². The second kappa shape index (κ2) is 14.1. The molecule has 2 saturated carbocycles. The van der Waals surface area contributed by atoms with E-state index in [-0.39, 0.29) is 31.7 Å². The van der Waals surface area contributed by atoms with Crippen LogP contribution in [0.3, 0.4) is 0 Å². The van der Waals surface area contributed by atoms with Crippen molar-refractivity contribution in [1.29, 1.82) is 0 Å². The summed E-state index contributed by atoms with van der Waals surface area (Å²) in [6, 6.07) is 0.552. The third kappa shape index (κ3) is 8.24. The van der Waals surface area contributed by atoms with E-state index in [1.54, 1.807) is 13.8 Å². The van der Waals surface area contributed by atoms with Crippen LogP contribution in [-0.2, 0) is 23.5 Å². The summed E-state index contributed by atoms with van der Waals surface area (Å²) in [7, 11) is -3.80. The Labute approximate surface area is 201 Å². The first-order valence-corrected chi connectivity index (χ1v) is 14.9. The van der Waals surface area contributed by atoms with Gasteiger partial charge in [-0.1, -0.05) is 26.2 Å². The molecule has 0 heterocycles. The maximum Gasteiger partial charge on any atom is 0.439 e. The molecule has 2 aliphatic rings. The molecular formula is C25H47NO6P+2. The summed E-state index contributed by atoms with van der Waals surface area (Å²) in [6.45, 7) is 7.61. The summed E-state index contributed by atoms with van der Waals surface area (Å²) < 4.78 is 11.2. The quantitative estimate of drug-likeness (QED) is 0.172. The summed E-state index contributed by atoms with van der Waals surface area (Å²) in [5.41, 5.74) is -1.90. The summed E-state index contributed by atoms with van der Waals surface area (Å²) in [6.07, 6.45) is 13.6. The highest BCUT2D eigenvalue weighted by atomic mass is 31.2. The van der Waals surface area contributed by atoms with Crippen molar-refractivity contribution in [2.24, 2.45) is 5.41 Å². The zero-order valence-corrected chi connectivity index (χ0v) is 22.2. The number of carbonyl (C=O) groups excluding carboxylic acids is 2. The van der Waals surface area contributed by atoms with Crippen LogP contribution in [0.15, 0.2) is 0 Å². The van der Waals surface area contributed by atoms with Crippen molar-refractivity contribution in [3.05, 3.63) is 0 Å². The fraction of sp³-hybridized carbons (Fsp3) is 0.920. The van der Waals surface area contributed by atoms with E-state index in [2.05, 4.69) is 0 Å². The highest BCUT2D eigenvalue weighted by molar-refractivity contribution is 7.61. The topological polar surface area (TPSA) is 92.2 Å². The summed E-state index contributed by atoms with van der Waals surface area (Å²) in [5, 5.41) is 0.896. The number of hydrogen-bond donors (Lipinski definition) is 1. The van der Waals surface area contributed by atoms with Gasteiger partial charge in [-0.15, -0.1) is 5.06 Å². The first-order chi connectivity index (χ1) is 15.8. The summed E-state index contributed by atoms with van der Waals surface area (Å²) >= 11 is 0. The zero-order chi connectivity index (χ0) is 24.3. The lowest BCUT2D eigenvalue weighted by atomic mass is 9.82. The highest BCUT2D eigenvalue weighted by Gasteiger charge is 2.54. The van der Waals surface area contributed by atoms with E-state index >= 15 is 0 Å². The van der Waals surface area contributed by atoms with E-state index < -0.39 is 25.0 Å². The van der Waals surface area contributed by atoms with Gasteiger partial charge >= 0.3 is 12.3 Å². The molecule has 0 bridgehead atoms. The molecule has 0 aliphatic heterocycles. The molecule has 191 valence electrons. The molecule has 0 spiro atoms. The van der Waals surface area contributed by atoms with E-state index in [4.69, 9.17) is 13.9 Å². The highest BCUT2D eigenvalue weighted by Crippen LogP contribution is 2.60. The van der Waals surface area contributed by atoms with E-state index in [0.29, 0.717) is 6.42 Å². The Balaban J connectivity index is 2.33. The molecule has 0 aromatic heterocycles. The fourth-order valence-electron chi connectivity index (χ4n) is 5.58. The van der Waals surface area contributed by atoms with Crippen molar-refractivity contribution in [2.45, 2.75) is 129 Å². The van der Waals surface area contributed by atoms with Crippen molar-refractivity contribution >= 4 is 20.2 Å². The van der Waals surface area contributed by atoms with Gasteiger partial charge in [0.05, 0.1) is 18.6 Å². The predicted molar refractivity (Wildman–Crippen MR) is 128 cm³/mol. The number of quaternary nitrogens is 1. The average molecular weight is 489 g/mol. The Bertz CT molecular complexity index is 569. The van der Waals surface area contributed by atoms with Crippen LogP contribution < -0.4 is 9.96 Å². The van der Waals surface area contributed by atoms with Gasteiger partial charge in [-0.3, -0.25) is 4.84 Å². The number of nitrogens with one attached hydrogen (secondary N) is 1. The van der Waals surface area contributed by atoms with Crippen molar-refractivity contribution in [1.82, 2.24) is 0 Å². The summed E-state index contributed by atoms with van der Waals surface area (Å²) in [5.74, 6) is -0.546. The van der Waals surface area contributed by atoms with Crippen LogP contribution in [0.5, 0.6) is 0 Å². The van der Waals surface area contributed by atoms with Crippen LogP contribution in [0.4, 0.5) is 0 Å². The maximum absolute atomic E-state index is 13.8. The van der Waals surface area contributed by atoms with Gasteiger partial charge < -0.3 is 4.89 Å². The molecule has 7 nitrogen and oxygen atoms in total. The third-order valence-electron chi connectivity index (χ3n) is 7.27. The van der Waals surface area contributed by atoms with Gasteiger partial charge in [0.1, 0.15) is 12.1 Å². The SMILES string of the molecule is CCCC(C)(C=[O+])CC(C(=O)O[NH+](C1CCCCC1)C1CCCCC1)[P+]([O-])(OCC)OCC. The van der Waals surface area contributed by atoms with Gasteiger partial charge in [-0.05, 0) is 52.9 Å². The lowest BCUT2D eigenvalue weighted by Crippen LogP contribution is -3.19. The number of hydrogen-bond acceptors (Lipinski definition) is 6. The second-order valence-corrected chi connectivity index (χ2v) is 12.3. The second-order valence-electron chi connectivity index (χ2n) is 10.1. The standard InChI is InChI=1S/C25H46NO6P/c1-5-18-25(4,20-27)19-23(33(29,30-6-2)31-7-3)24(28)32-26(21-14-10-8-11-15-21)22-16-12-9-13-17-22/h20-23H,5-19H2,1-4H3/q+1/p+1. The van der Waals surface area contributed by atoms with Crippen LogP contribution in [0.1, 0.15) is 111 Å². The van der Waals surface area contributed by atoms with E-state index in [0.717, 1.165) is 69.1 Å². The molecule has 1 radical (unpaired) electrons. The average Bonchev–Trinajstić information content (AvgIpc) is 2.82. The van der Waals surface area contributed by atoms with Crippen LogP contribution in [-0.4, -0.2) is 43.2 Å². The lowest BCUT2D eigenvalue weighted by Gasteiger charge is -2.38. The molecule has 2 fully saturated rings. The number of rotatable bonds is 14. The van der Waals surface area contributed by atoms with E-state index in [1.807, 2.05) is 13.8 Å². The molecule has 0 aromatic rings. The lowest BCUT2D eigenvalue weighted by molar-refractivity contribution is -1.11. The molecule has 1 N–H and O–H groups in total.